The number of carbonyl (C=O) groups is 1. The van der Waals surface area contributed by atoms with Crippen LogP contribution in [-0.2, 0) is 11.2 Å². The first kappa shape index (κ1) is 10.3. The molecule has 1 aliphatic rings. The lowest BCUT2D eigenvalue weighted by Gasteiger charge is -2.08. The van der Waals surface area contributed by atoms with E-state index in [9.17, 15) is 9.18 Å². The van der Waals surface area contributed by atoms with E-state index in [1.54, 1.807) is 6.07 Å². The van der Waals surface area contributed by atoms with Gasteiger partial charge in [0, 0.05) is 6.42 Å². The number of hydrogen-bond acceptors (Lipinski definition) is 2. The van der Waals surface area contributed by atoms with E-state index in [0.717, 1.165) is 18.4 Å². The molecule has 0 bridgehead atoms. The topological polar surface area (TPSA) is 43.1 Å². The van der Waals surface area contributed by atoms with E-state index in [2.05, 4.69) is 0 Å². The minimum Gasteiger partial charge on any atom is -0.319 e. The van der Waals surface area contributed by atoms with Crippen LogP contribution in [0.3, 0.4) is 0 Å². The summed E-state index contributed by atoms with van der Waals surface area (Å²) in [5, 5.41) is 0. The molecular weight excluding hydrogens is 193 g/mol. The fourth-order valence-corrected chi connectivity index (χ4v) is 1.56. The van der Waals surface area contributed by atoms with Gasteiger partial charge in [0.25, 0.3) is 0 Å². The first-order valence-electron chi connectivity index (χ1n) is 5.08. The Balaban J connectivity index is 2.14. The zero-order valence-corrected chi connectivity index (χ0v) is 8.72. The Morgan fingerprint density at radius 3 is 2.73 bits per heavy atom. The van der Waals surface area contributed by atoms with E-state index in [1.807, 2.05) is 13.0 Å². The van der Waals surface area contributed by atoms with Crippen LogP contribution in [0.4, 0.5) is 4.39 Å². The molecule has 80 valence electrons. The van der Waals surface area contributed by atoms with Crippen molar-refractivity contribution >= 4 is 5.78 Å². The molecule has 0 unspecified atom stereocenters. The van der Waals surface area contributed by atoms with Crippen molar-refractivity contribution < 1.29 is 9.18 Å². The van der Waals surface area contributed by atoms with Crippen molar-refractivity contribution in [3.05, 3.63) is 35.1 Å². The number of nitrogens with two attached hydrogens (primary N) is 1. The standard InChI is InChI=1S/C12H14FNO/c1-8-2-3-9(10(13)6-8)7-11(15)12(14)4-5-12/h2-3,6H,4-5,7,14H2,1H3. The lowest BCUT2D eigenvalue weighted by atomic mass is 10.0. The molecule has 1 aromatic rings. The molecule has 3 heteroatoms. The molecular formula is C12H14FNO. The lowest BCUT2D eigenvalue weighted by Crippen LogP contribution is -2.34. The molecule has 0 spiro atoms. The molecule has 2 nitrogen and oxygen atoms in total. The Bertz CT molecular complexity index is 410. The van der Waals surface area contributed by atoms with Crippen LogP contribution >= 0.6 is 0 Å². The molecule has 0 aromatic heterocycles. The Labute approximate surface area is 88.3 Å². The number of Topliss-reactive ketones (excluding diaryl/α,β-unsaturated/α-hetero) is 1. The molecule has 0 heterocycles. The number of aryl methyl sites for hydroxylation is 1. The molecule has 0 saturated heterocycles. The highest BCUT2D eigenvalue weighted by molar-refractivity contribution is 5.92. The molecule has 0 amide bonds. The first-order valence-corrected chi connectivity index (χ1v) is 5.08. The molecule has 2 N–H and O–H groups in total. The van der Waals surface area contributed by atoms with Crippen LogP contribution in [0.25, 0.3) is 0 Å². The van der Waals surface area contributed by atoms with Gasteiger partial charge in [0.2, 0.25) is 0 Å². The molecule has 1 aliphatic carbocycles. The molecule has 1 aromatic carbocycles. The Kier molecular flexibility index (Phi) is 2.35. The minimum atomic E-state index is -0.655. The summed E-state index contributed by atoms with van der Waals surface area (Å²) < 4.78 is 13.4. The summed E-state index contributed by atoms with van der Waals surface area (Å²) in [6.45, 7) is 1.82. The van der Waals surface area contributed by atoms with Gasteiger partial charge < -0.3 is 5.73 Å². The van der Waals surface area contributed by atoms with Crippen molar-refractivity contribution in [2.75, 3.05) is 0 Å². The number of benzene rings is 1. The van der Waals surface area contributed by atoms with Gasteiger partial charge in [0.1, 0.15) is 5.82 Å². The fourth-order valence-electron chi connectivity index (χ4n) is 1.56. The van der Waals surface area contributed by atoms with Gasteiger partial charge in [0.15, 0.2) is 5.78 Å². The summed E-state index contributed by atoms with van der Waals surface area (Å²) in [6.07, 6.45) is 1.58. The average molecular weight is 207 g/mol. The summed E-state index contributed by atoms with van der Waals surface area (Å²) in [5.41, 5.74) is 6.40. The van der Waals surface area contributed by atoms with Crippen LogP contribution in [0.15, 0.2) is 18.2 Å². The quantitative estimate of drug-likeness (QED) is 0.820. The SMILES string of the molecule is Cc1ccc(CC(=O)C2(N)CC2)c(F)c1. The molecule has 1 saturated carbocycles. The van der Waals surface area contributed by atoms with Crippen molar-refractivity contribution in [2.24, 2.45) is 5.73 Å². The van der Waals surface area contributed by atoms with Crippen LogP contribution in [0.1, 0.15) is 24.0 Å². The number of hydrogen-bond donors (Lipinski definition) is 1. The van der Waals surface area contributed by atoms with Crippen LogP contribution < -0.4 is 5.73 Å². The van der Waals surface area contributed by atoms with Gasteiger partial charge >= 0.3 is 0 Å². The second-order valence-electron chi connectivity index (χ2n) is 4.35. The fraction of sp³-hybridized carbons (Fsp3) is 0.417. The van der Waals surface area contributed by atoms with E-state index < -0.39 is 5.54 Å². The summed E-state index contributed by atoms with van der Waals surface area (Å²) in [4.78, 5) is 11.6. The third-order valence-corrected chi connectivity index (χ3v) is 2.90. The van der Waals surface area contributed by atoms with Gasteiger partial charge in [-0.05, 0) is 37.0 Å². The highest BCUT2D eigenvalue weighted by atomic mass is 19.1. The minimum absolute atomic E-state index is 0.0507. The van der Waals surface area contributed by atoms with Crippen LogP contribution in [-0.4, -0.2) is 11.3 Å². The summed E-state index contributed by atoms with van der Waals surface area (Å²) >= 11 is 0. The molecule has 0 radical (unpaired) electrons. The van der Waals surface area contributed by atoms with Crippen LogP contribution in [0, 0.1) is 12.7 Å². The van der Waals surface area contributed by atoms with Crippen LogP contribution in [0.5, 0.6) is 0 Å². The van der Waals surface area contributed by atoms with E-state index in [0.29, 0.717) is 5.56 Å². The summed E-state index contributed by atoms with van der Waals surface area (Å²) in [7, 11) is 0. The lowest BCUT2D eigenvalue weighted by molar-refractivity contribution is -0.120. The van der Waals surface area contributed by atoms with Gasteiger partial charge in [-0.3, -0.25) is 4.79 Å². The van der Waals surface area contributed by atoms with Gasteiger partial charge in [0.05, 0.1) is 5.54 Å². The maximum absolute atomic E-state index is 13.4. The number of halogens is 1. The molecule has 0 atom stereocenters. The van der Waals surface area contributed by atoms with Gasteiger partial charge in [-0.25, -0.2) is 4.39 Å². The van der Waals surface area contributed by atoms with E-state index in [4.69, 9.17) is 5.73 Å². The average Bonchev–Trinajstić information content (AvgIpc) is 2.90. The van der Waals surface area contributed by atoms with Crippen LogP contribution in [0.2, 0.25) is 0 Å². The number of rotatable bonds is 3. The van der Waals surface area contributed by atoms with Crippen molar-refractivity contribution in [1.82, 2.24) is 0 Å². The highest BCUT2D eigenvalue weighted by Crippen LogP contribution is 2.34. The van der Waals surface area contributed by atoms with E-state index in [1.165, 1.54) is 6.07 Å². The predicted octanol–water partition coefficient (Wildman–Crippen LogP) is 1.74. The van der Waals surface area contributed by atoms with Crippen molar-refractivity contribution in [2.45, 2.75) is 31.7 Å². The van der Waals surface area contributed by atoms with Crippen molar-refractivity contribution in [3.63, 3.8) is 0 Å². The van der Waals surface area contributed by atoms with E-state index in [-0.39, 0.29) is 18.0 Å². The maximum atomic E-state index is 13.4. The van der Waals surface area contributed by atoms with Crippen molar-refractivity contribution in [1.29, 1.82) is 0 Å². The normalized spacial score (nSPS) is 17.5. The molecule has 1 fully saturated rings. The predicted molar refractivity (Wildman–Crippen MR) is 56.0 cm³/mol. The first-order chi connectivity index (χ1) is 7.01. The number of carbonyl (C=O) groups excluding carboxylic acids is 1. The van der Waals surface area contributed by atoms with Gasteiger partial charge in [-0.15, -0.1) is 0 Å². The largest absolute Gasteiger partial charge is 0.319 e. The van der Waals surface area contributed by atoms with Gasteiger partial charge in [-0.2, -0.15) is 0 Å². The highest BCUT2D eigenvalue weighted by Gasteiger charge is 2.45. The van der Waals surface area contributed by atoms with E-state index >= 15 is 0 Å². The summed E-state index contributed by atoms with van der Waals surface area (Å²) in [6, 6.07) is 4.91. The Hall–Kier alpha value is -1.22. The summed E-state index contributed by atoms with van der Waals surface area (Å²) in [5.74, 6) is -0.363. The molecule has 2 rings (SSSR count). The van der Waals surface area contributed by atoms with Gasteiger partial charge in [-0.1, -0.05) is 12.1 Å². The Morgan fingerprint density at radius 1 is 1.53 bits per heavy atom. The maximum Gasteiger partial charge on any atom is 0.157 e. The smallest absolute Gasteiger partial charge is 0.157 e. The second kappa shape index (κ2) is 3.42. The second-order valence-corrected chi connectivity index (χ2v) is 4.35. The Morgan fingerprint density at radius 2 is 2.20 bits per heavy atom. The third-order valence-electron chi connectivity index (χ3n) is 2.90. The van der Waals surface area contributed by atoms with Crippen molar-refractivity contribution in [3.8, 4) is 0 Å². The zero-order chi connectivity index (χ0) is 11.1. The zero-order valence-electron chi connectivity index (χ0n) is 8.72. The molecule has 0 aliphatic heterocycles. The number of ketones is 1. The third kappa shape index (κ3) is 2.07. The monoisotopic (exact) mass is 207 g/mol. The molecule has 15 heavy (non-hydrogen) atoms.